The lowest BCUT2D eigenvalue weighted by Crippen LogP contribution is -2.52. The molecule has 1 aliphatic heterocycles. The van der Waals surface area contributed by atoms with Gasteiger partial charge >= 0.3 is 0 Å². The van der Waals surface area contributed by atoms with Gasteiger partial charge in [-0.3, -0.25) is 9.89 Å². The number of nitrogens with zero attached hydrogens (tertiary/aromatic N) is 3. The van der Waals surface area contributed by atoms with Gasteiger partial charge in [0, 0.05) is 58.5 Å². The van der Waals surface area contributed by atoms with Crippen LogP contribution in [0.3, 0.4) is 0 Å². The lowest BCUT2D eigenvalue weighted by atomic mass is 9.94. The number of rotatable bonds is 10. The number of piperazine rings is 1. The zero-order valence-electron chi connectivity index (χ0n) is 17.1. The van der Waals surface area contributed by atoms with Gasteiger partial charge in [-0.1, -0.05) is 13.8 Å². The summed E-state index contributed by atoms with van der Waals surface area (Å²) in [6.45, 7) is 16.2. The topological polar surface area (TPSA) is 63.1 Å². The zero-order valence-corrected chi connectivity index (χ0v) is 17.1. The van der Waals surface area contributed by atoms with Gasteiger partial charge in [0.2, 0.25) is 0 Å². The number of guanidine groups is 1. The Kier molecular flexibility index (Phi) is 11.1. The van der Waals surface area contributed by atoms with E-state index in [-0.39, 0.29) is 6.61 Å². The quantitative estimate of drug-likeness (QED) is 0.406. The Morgan fingerprint density at radius 2 is 1.80 bits per heavy atom. The molecule has 0 amide bonds. The molecule has 25 heavy (non-hydrogen) atoms. The van der Waals surface area contributed by atoms with Crippen molar-refractivity contribution in [3.63, 3.8) is 0 Å². The molecule has 0 aliphatic carbocycles. The van der Waals surface area contributed by atoms with Gasteiger partial charge in [-0.15, -0.1) is 0 Å². The lowest BCUT2D eigenvalue weighted by molar-refractivity contribution is 0.120. The average Bonchev–Trinajstić information content (AvgIpc) is 2.57. The molecule has 0 radical (unpaired) electrons. The third kappa shape index (κ3) is 9.42. The maximum absolute atomic E-state index is 9.27. The van der Waals surface area contributed by atoms with E-state index in [0.29, 0.717) is 17.9 Å². The van der Waals surface area contributed by atoms with Crippen LogP contribution in [-0.4, -0.2) is 86.4 Å². The van der Waals surface area contributed by atoms with Gasteiger partial charge in [-0.05, 0) is 45.6 Å². The molecule has 6 heteroatoms. The van der Waals surface area contributed by atoms with E-state index >= 15 is 0 Å². The molecular weight excluding hydrogens is 314 g/mol. The minimum atomic E-state index is 0.247. The van der Waals surface area contributed by atoms with Gasteiger partial charge in [0.05, 0.1) is 0 Å². The minimum absolute atomic E-state index is 0.247. The number of aliphatic hydroxyl groups excluding tert-OH is 1. The van der Waals surface area contributed by atoms with Crippen molar-refractivity contribution in [2.75, 3.05) is 59.5 Å². The van der Waals surface area contributed by atoms with E-state index < -0.39 is 0 Å². The van der Waals surface area contributed by atoms with E-state index in [4.69, 9.17) is 4.99 Å². The second-order valence-electron chi connectivity index (χ2n) is 7.80. The molecule has 1 rings (SSSR count). The van der Waals surface area contributed by atoms with E-state index in [1.807, 2.05) is 0 Å². The summed E-state index contributed by atoms with van der Waals surface area (Å²) >= 11 is 0. The fourth-order valence-electron chi connectivity index (χ4n) is 3.33. The number of aliphatic hydroxyl groups is 1. The van der Waals surface area contributed by atoms with Crippen LogP contribution in [-0.2, 0) is 0 Å². The van der Waals surface area contributed by atoms with Gasteiger partial charge in [-0.25, -0.2) is 0 Å². The van der Waals surface area contributed by atoms with Crippen LogP contribution < -0.4 is 10.6 Å². The van der Waals surface area contributed by atoms with Crippen molar-refractivity contribution in [2.24, 2.45) is 16.8 Å². The lowest BCUT2D eigenvalue weighted by Gasteiger charge is -2.36. The zero-order chi connectivity index (χ0) is 18.7. The average molecular weight is 356 g/mol. The largest absolute Gasteiger partial charge is 0.396 e. The summed E-state index contributed by atoms with van der Waals surface area (Å²) in [5, 5.41) is 16.1. The van der Waals surface area contributed by atoms with Crippen molar-refractivity contribution in [3.8, 4) is 0 Å². The predicted octanol–water partition coefficient (Wildman–Crippen LogP) is 1.22. The molecule has 1 fully saturated rings. The van der Waals surface area contributed by atoms with Gasteiger partial charge < -0.3 is 20.6 Å². The fourth-order valence-corrected chi connectivity index (χ4v) is 3.33. The fraction of sp³-hybridized carbons (Fsp3) is 0.947. The molecule has 2 atom stereocenters. The van der Waals surface area contributed by atoms with Gasteiger partial charge in [0.1, 0.15) is 0 Å². The summed E-state index contributed by atoms with van der Waals surface area (Å²) in [4.78, 5) is 9.70. The van der Waals surface area contributed by atoms with Crippen molar-refractivity contribution < 1.29 is 5.11 Å². The van der Waals surface area contributed by atoms with E-state index in [2.05, 4.69) is 55.2 Å². The van der Waals surface area contributed by atoms with Crippen LogP contribution in [0.2, 0.25) is 0 Å². The van der Waals surface area contributed by atoms with Crippen LogP contribution in [0.1, 0.15) is 40.5 Å². The molecule has 3 N–H and O–H groups in total. The number of aliphatic imine (C=N–C) groups is 1. The second kappa shape index (κ2) is 12.5. The number of nitrogens with one attached hydrogen (secondary N) is 2. The maximum atomic E-state index is 9.27. The van der Waals surface area contributed by atoms with Crippen LogP contribution in [0.5, 0.6) is 0 Å². The molecule has 0 aromatic heterocycles. The Bertz CT molecular complexity index is 367. The summed E-state index contributed by atoms with van der Waals surface area (Å²) in [5.74, 6) is 1.99. The first-order valence-electron chi connectivity index (χ1n) is 10.0. The van der Waals surface area contributed by atoms with E-state index in [1.54, 1.807) is 0 Å². The molecule has 0 bridgehead atoms. The highest BCUT2D eigenvalue weighted by Gasteiger charge is 2.19. The second-order valence-corrected chi connectivity index (χ2v) is 7.80. The number of likely N-dealkylation sites (N-methyl/N-ethyl adjacent to an activating group) is 1. The first kappa shape index (κ1) is 22.2. The summed E-state index contributed by atoms with van der Waals surface area (Å²) in [7, 11) is 2.19. The minimum Gasteiger partial charge on any atom is -0.396 e. The Morgan fingerprint density at radius 1 is 1.12 bits per heavy atom. The number of hydrogen-bond acceptors (Lipinski definition) is 4. The normalized spacial score (nSPS) is 19.9. The first-order chi connectivity index (χ1) is 12.0. The smallest absolute Gasteiger partial charge is 0.191 e. The van der Waals surface area contributed by atoms with Crippen LogP contribution >= 0.6 is 0 Å². The molecule has 0 aromatic carbocycles. The van der Waals surface area contributed by atoms with Gasteiger partial charge in [0.15, 0.2) is 5.96 Å². The molecule has 6 nitrogen and oxygen atoms in total. The molecule has 2 unspecified atom stereocenters. The molecular formula is C19H41N5O. The van der Waals surface area contributed by atoms with Crippen molar-refractivity contribution in [3.05, 3.63) is 0 Å². The summed E-state index contributed by atoms with van der Waals surface area (Å²) in [6.07, 6.45) is 1.94. The highest BCUT2D eigenvalue weighted by atomic mass is 16.3. The van der Waals surface area contributed by atoms with Crippen LogP contribution in [0.25, 0.3) is 0 Å². The molecule has 1 heterocycles. The molecule has 148 valence electrons. The third-order valence-corrected chi connectivity index (χ3v) is 4.92. The van der Waals surface area contributed by atoms with E-state index in [9.17, 15) is 5.11 Å². The summed E-state index contributed by atoms with van der Waals surface area (Å²) in [5.41, 5.74) is 0. The van der Waals surface area contributed by atoms with Crippen LogP contribution in [0.4, 0.5) is 0 Å². The Balaban J connectivity index is 2.48. The SMILES string of the molecule is CCNC(=NCC(CCO)CC(C)C)NCC(C)N1CCN(C)CC1. The summed E-state index contributed by atoms with van der Waals surface area (Å²) < 4.78 is 0. The third-order valence-electron chi connectivity index (χ3n) is 4.92. The maximum Gasteiger partial charge on any atom is 0.191 e. The Hall–Kier alpha value is -0.850. The molecule has 0 spiro atoms. The van der Waals surface area contributed by atoms with E-state index in [1.165, 1.54) is 0 Å². The highest BCUT2D eigenvalue weighted by molar-refractivity contribution is 5.79. The van der Waals surface area contributed by atoms with Crippen LogP contribution in [0.15, 0.2) is 4.99 Å². The monoisotopic (exact) mass is 355 g/mol. The molecule has 1 aliphatic rings. The van der Waals surface area contributed by atoms with Crippen LogP contribution in [0, 0.1) is 11.8 Å². The standard InChI is InChI=1S/C19H41N5O/c1-6-20-19(22-15-18(7-12-25)13-16(2)3)21-14-17(4)24-10-8-23(5)9-11-24/h16-18,25H,6-15H2,1-5H3,(H2,20,21,22). The molecule has 1 saturated heterocycles. The Morgan fingerprint density at radius 3 is 2.36 bits per heavy atom. The van der Waals surface area contributed by atoms with Gasteiger partial charge in [0.25, 0.3) is 0 Å². The van der Waals surface area contributed by atoms with Gasteiger partial charge in [-0.2, -0.15) is 0 Å². The van der Waals surface area contributed by atoms with Crippen molar-refractivity contribution in [1.29, 1.82) is 0 Å². The van der Waals surface area contributed by atoms with Crippen molar-refractivity contribution in [2.45, 2.75) is 46.6 Å². The highest BCUT2D eigenvalue weighted by Crippen LogP contribution is 2.15. The summed E-state index contributed by atoms with van der Waals surface area (Å²) in [6, 6.07) is 0.501. The Labute approximate surface area is 155 Å². The number of hydrogen-bond donors (Lipinski definition) is 3. The van der Waals surface area contributed by atoms with E-state index in [0.717, 1.165) is 64.6 Å². The molecule has 0 saturated carbocycles. The first-order valence-corrected chi connectivity index (χ1v) is 10.0. The molecule has 0 aromatic rings. The predicted molar refractivity (Wildman–Crippen MR) is 107 cm³/mol. The van der Waals surface area contributed by atoms with Crippen molar-refractivity contribution >= 4 is 5.96 Å². The van der Waals surface area contributed by atoms with Crippen molar-refractivity contribution in [1.82, 2.24) is 20.4 Å².